The van der Waals surface area contributed by atoms with Crippen LogP contribution in [0, 0.1) is 17.7 Å². The van der Waals surface area contributed by atoms with Crippen LogP contribution in [-0.2, 0) is 15.9 Å². The first-order valence-electron chi connectivity index (χ1n) is 16.1. The molecule has 2 aliphatic rings. The molecule has 3 atom stereocenters. The molecule has 2 aromatic carbocycles. The van der Waals surface area contributed by atoms with E-state index in [2.05, 4.69) is 22.5 Å². The number of hydrogen-bond donors (Lipinski definition) is 4. The van der Waals surface area contributed by atoms with Gasteiger partial charge in [0, 0.05) is 52.0 Å². The smallest absolute Gasteiger partial charge is 0.393 e. The van der Waals surface area contributed by atoms with E-state index in [4.69, 9.17) is 14.2 Å². The van der Waals surface area contributed by atoms with Crippen LogP contribution in [-0.4, -0.2) is 119 Å². The van der Waals surface area contributed by atoms with Gasteiger partial charge in [0.1, 0.15) is 24.3 Å². The van der Waals surface area contributed by atoms with Gasteiger partial charge in [-0.2, -0.15) is 13.2 Å². The highest BCUT2D eigenvalue weighted by atomic mass is 32.1. The van der Waals surface area contributed by atoms with Gasteiger partial charge in [-0.25, -0.2) is 8.78 Å². The van der Waals surface area contributed by atoms with E-state index in [9.17, 15) is 23.4 Å². The van der Waals surface area contributed by atoms with Gasteiger partial charge in [0.15, 0.2) is 0 Å². The van der Waals surface area contributed by atoms with E-state index in [1.54, 1.807) is 24.3 Å². The highest BCUT2D eigenvalue weighted by Gasteiger charge is 2.33. The highest BCUT2D eigenvalue weighted by molar-refractivity contribution is 7.20. The van der Waals surface area contributed by atoms with E-state index in [1.807, 2.05) is 9.80 Å². The van der Waals surface area contributed by atoms with Crippen molar-refractivity contribution in [2.45, 2.75) is 37.3 Å². The molecule has 3 unspecified atom stereocenters. The Hall–Kier alpha value is -3.39. The van der Waals surface area contributed by atoms with E-state index < -0.39 is 36.7 Å². The molecular formula is C34H41F5N4O5S. The summed E-state index contributed by atoms with van der Waals surface area (Å²) < 4.78 is 88.2. The lowest BCUT2D eigenvalue weighted by molar-refractivity contribution is -0.126. The van der Waals surface area contributed by atoms with Gasteiger partial charge in [0.25, 0.3) is 0 Å². The number of nitrogens with zero attached hydrogens (tertiary/aromatic N) is 2. The number of alkyl halides is 4. The summed E-state index contributed by atoms with van der Waals surface area (Å²) in [7, 11) is 1.48. The normalized spacial score (nSPS) is 19.4. The molecule has 15 heteroatoms. The third-order valence-electron chi connectivity index (χ3n) is 8.31. The van der Waals surface area contributed by atoms with Crippen LogP contribution in [0.2, 0.25) is 0 Å². The number of aliphatic hydroxyl groups excluding tert-OH is 2. The van der Waals surface area contributed by atoms with Crippen molar-refractivity contribution in [2.75, 3.05) is 94.9 Å². The third-order valence-corrected chi connectivity index (χ3v) is 9.51. The molecule has 0 saturated carbocycles. The summed E-state index contributed by atoms with van der Waals surface area (Å²) >= 11 is 1.10. The minimum Gasteiger partial charge on any atom is -0.489 e. The second kappa shape index (κ2) is 17.0. The van der Waals surface area contributed by atoms with Gasteiger partial charge < -0.3 is 40.0 Å². The van der Waals surface area contributed by atoms with E-state index >= 15 is 8.78 Å². The summed E-state index contributed by atoms with van der Waals surface area (Å²) in [4.78, 5) is 3.90. The average Bonchev–Trinajstić information content (AvgIpc) is 3.40. The number of piperidine rings is 1. The van der Waals surface area contributed by atoms with Gasteiger partial charge in [0.05, 0.1) is 78.2 Å². The van der Waals surface area contributed by atoms with Crippen LogP contribution in [0.3, 0.4) is 0 Å². The van der Waals surface area contributed by atoms with Gasteiger partial charge in [-0.3, -0.25) is 4.90 Å². The Balaban J connectivity index is 1.34. The lowest BCUT2D eigenvalue weighted by Gasteiger charge is -2.36. The number of benzene rings is 2. The number of ether oxygens (including phenoxy) is 3. The molecule has 0 radical (unpaired) electrons. The van der Waals surface area contributed by atoms with Crippen LogP contribution < -0.4 is 20.3 Å². The van der Waals surface area contributed by atoms with Crippen molar-refractivity contribution < 1.29 is 46.4 Å². The Labute approximate surface area is 285 Å². The first-order chi connectivity index (χ1) is 23.6. The third kappa shape index (κ3) is 9.87. The molecule has 2 aliphatic heterocycles. The molecule has 1 aromatic heterocycles. The van der Waals surface area contributed by atoms with Crippen molar-refractivity contribution in [1.82, 2.24) is 4.90 Å². The second-order valence-electron chi connectivity index (χ2n) is 11.9. The maximum atomic E-state index is 15.3. The van der Waals surface area contributed by atoms with Crippen LogP contribution in [0.25, 0.3) is 10.1 Å². The van der Waals surface area contributed by atoms with E-state index in [-0.39, 0.29) is 55.6 Å². The fraction of sp³-hybridized carbons (Fsp3) is 0.529. The molecule has 4 N–H and O–H groups in total. The topological polar surface area (TPSA) is 98.7 Å². The zero-order valence-corrected chi connectivity index (χ0v) is 27.9. The number of methoxy groups -OCH3 is 1. The van der Waals surface area contributed by atoms with Gasteiger partial charge in [-0.1, -0.05) is 24.0 Å². The van der Waals surface area contributed by atoms with Crippen LogP contribution in [0.4, 0.5) is 39.0 Å². The fourth-order valence-corrected chi connectivity index (χ4v) is 7.24. The number of halogens is 5. The lowest BCUT2D eigenvalue weighted by atomic mass is 10.0. The monoisotopic (exact) mass is 712 g/mol. The quantitative estimate of drug-likeness (QED) is 0.149. The standard InChI is InChI=1S/C34H41F5N4O5S/c1-46-21-22(45)19-42-9-7-27(26(36)20-42)41-28-5-2-4-23-24(18-34(37,38)39)32(49-33(23)28)6-3-8-40-29-16-25(35)30(17-31(29)48-15-12-44)43-10-13-47-14-11-43/h2,4-5,16-17,22,26-27,40-41,44-45H,7-15,18-21H2,1H3. The minimum absolute atomic E-state index is 0.0206. The molecule has 3 heterocycles. The van der Waals surface area contributed by atoms with Crippen molar-refractivity contribution in [3.05, 3.63) is 46.6 Å². The average molecular weight is 713 g/mol. The van der Waals surface area contributed by atoms with Gasteiger partial charge in [-0.15, -0.1) is 11.3 Å². The van der Waals surface area contributed by atoms with Crippen molar-refractivity contribution in [3.63, 3.8) is 0 Å². The Morgan fingerprint density at radius 1 is 1.16 bits per heavy atom. The maximum absolute atomic E-state index is 15.3. The van der Waals surface area contributed by atoms with E-state index in [0.29, 0.717) is 66.5 Å². The summed E-state index contributed by atoms with van der Waals surface area (Å²) in [5.74, 6) is 5.56. The minimum atomic E-state index is -4.49. The molecule has 2 fully saturated rings. The summed E-state index contributed by atoms with van der Waals surface area (Å²) in [6.45, 7) is 2.72. The lowest BCUT2D eigenvalue weighted by Crippen LogP contribution is -2.50. The number of rotatable bonds is 13. The molecular weight excluding hydrogens is 671 g/mol. The zero-order chi connectivity index (χ0) is 35.0. The van der Waals surface area contributed by atoms with Crippen molar-refractivity contribution >= 4 is 38.5 Å². The first kappa shape index (κ1) is 36.9. The molecule has 268 valence electrons. The number of hydrogen-bond acceptors (Lipinski definition) is 10. The number of thiophene rings is 1. The highest BCUT2D eigenvalue weighted by Crippen LogP contribution is 2.40. The number of fused-ring (bicyclic) bond motifs is 1. The molecule has 0 spiro atoms. The van der Waals surface area contributed by atoms with Crippen LogP contribution >= 0.6 is 11.3 Å². The van der Waals surface area contributed by atoms with Crippen LogP contribution in [0.1, 0.15) is 16.9 Å². The number of likely N-dealkylation sites (tertiary alicyclic amines) is 1. The van der Waals surface area contributed by atoms with Crippen molar-refractivity contribution in [3.8, 4) is 17.6 Å². The Bertz CT molecular complexity index is 1610. The largest absolute Gasteiger partial charge is 0.489 e. The predicted molar refractivity (Wildman–Crippen MR) is 180 cm³/mol. The first-order valence-corrected chi connectivity index (χ1v) is 16.9. The fourth-order valence-electron chi connectivity index (χ4n) is 6.07. The second-order valence-corrected chi connectivity index (χ2v) is 13.0. The predicted octanol–water partition coefficient (Wildman–Crippen LogP) is 4.65. The Kier molecular flexibility index (Phi) is 12.8. The Morgan fingerprint density at radius 2 is 1.96 bits per heavy atom. The number of β-amino-alcohol motifs (C(OH)–C–C–N with tert-alkyl or cyclic N) is 1. The van der Waals surface area contributed by atoms with Crippen molar-refractivity contribution in [2.24, 2.45) is 0 Å². The Morgan fingerprint density at radius 3 is 2.67 bits per heavy atom. The summed E-state index contributed by atoms with van der Waals surface area (Å²) in [5.41, 5.74) is 1.19. The number of morpholine rings is 1. The van der Waals surface area contributed by atoms with Gasteiger partial charge in [0.2, 0.25) is 0 Å². The maximum Gasteiger partial charge on any atom is 0.393 e. The molecule has 0 bridgehead atoms. The molecule has 3 aromatic rings. The molecule has 5 rings (SSSR count). The molecule has 0 amide bonds. The van der Waals surface area contributed by atoms with E-state index in [1.165, 1.54) is 13.2 Å². The molecule has 2 saturated heterocycles. The van der Waals surface area contributed by atoms with Gasteiger partial charge >= 0.3 is 6.18 Å². The molecule has 49 heavy (non-hydrogen) atoms. The summed E-state index contributed by atoms with van der Waals surface area (Å²) in [6, 6.07) is 7.23. The van der Waals surface area contributed by atoms with Gasteiger partial charge in [-0.05, 0) is 23.4 Å². The molecule has 0 aliphatic carbocycles. The van der Waals surface area contributed by atoms with E-state index in [0.717, 1.165) is 11.3 Å². The summed E-state index contributed by atoms with van der Waals surface area (Å²) in [6.07, 6.45) is -7.23. The summed E-state index contributed by atoms with van der Waals surface area (Å²) in [5, 5.41) is 25.9. The SMILES string of the molecule is COCC(O)CN1CCC(Nc2cccc3c(CC(F)(F)F)c(C#CCNc4cc(F)c(N5CCOCC5)cc4OCCO)sc23)C(F)C1. The van der Waals surface area contributed by atoms with Crippen LogP contribution in [0.15, 0.2) is 30.3 Å². The number of nitrogens with one attached hydrogen (secondary N) is 2. The molecule has 9 nitrogen and oxygen atoms in total. The van der Waals surface area contributed by atoms with Crippen molar-refractivity contribution in [1.29, 1.82) is 0 Å². The zero-order valence-electron chi connectivity index (χ0n) is 27.1. The number of anilines is 3. The van der Waals surface area contributed by atoms with Crippen LogP contribution in [0.5, 0.6) is 5.75 Å². The number of aliphatic hydroxyl groups is 2.